The van der Waals surface area contributed by atoms with Gasteiger partial charge >= 0.3 is 0 Å². The first-order chi connectivity index (χ1) is 8.65. The highest BCUT2D eigenvalue weighted by Crippen LogP contribution is 2.17. The summed E-state index contributed by atoms with van der Waals surface area (Å²) in [6.45, 7) is -0.0741. The second-order valence-electron chi connectivity index (χ2n) is 3.47. The predicted molar refractivity (Wildman–Crippen MR) is 66.5 cm³/mol. The Bertz CT molecular complexity index is 420. The summed E-state index contributed by atoms with van der Waals surface area (Å²) in [5, 5.41) is 5.09. The van der Waals surface area contributed by atoms with E-state index in [-0.39, 0.29) is 25.0 Å². The van der Waals surface area contributed by atoms with E-state index in [1.54, 1.807) is 24.3 Å². The first kappa shape index (κ1) is 14.0. The molecule has 0 spiro atoms. The van der Waals surface area contributed by atoms with Crippen LogP contribution in [0.1, 0.15) is 0 Å². The molecule has 0 fully saturated rings. The van der Waals surface area contributed by atoms with Gasteiger partial charge < -0.3 is 20.1 Å². The van der Waals surface area contributed by atoms with Crippen LogP contribution in [0.15, 0.2) is 24.3 Å². The van der Waals surface area contributed by atoms with E-state index in [9.17, 15) is 9.59 Å². The van der Waals surface area contributed by atoms with Crippen molar-refractivity contribution in [1.29, 1.82) is 0 Å². The molecule has 2 N–H and O–H groups in total. The summed E-state index contributed by atoms with van der Waals surface area (Å²) in [5.74, 6) is 0.0404. The van der Waals surface area contributed by atoms with E-state index >= 15 is 0 Å². The van der Waals surface area contributed by atoms with Crippen molar-refractivity contribution in [3.63, 3.8) is 0 Å². The molecule has 0 saturated heterocycles. The van der Waals surface area contributed by atoms with Crippen LogP contribution in [0.25, 0.3) is 0 Å². The standard InChI is InChI=1S/C12H16N2O4/c1-13-11(15)8-18-10-5-3-4-9(6-10)14-12(16)7-17-2/h3-6H,7-8H2,1-2H3,(H,13,15)(H,14,16). The summed E-state index contributed by atoms with van der Waals surface area (Å²) >= 11 is 0. The molecule has 18 heavy (non-hydrogen) atoms. The van der Waals surface area contributed by atoms with Crippen molar-refractivity contribution < 1.29 is 19.1 Å². The van der Waals surface area contributed by atoms with E-state index in [1.165, 1.54) is 14.2 Å². The van der Waals surface area contributed by atoms with Gasteiger partial charge in [0.15, 0.2) is 6.61 Å². The monoisotopic (exact) mass is 252 g/mol. The lowest BCUT2D eigenvalue weighted by Gasteiger charge is -2.08. The lowest BCUT2D eigenvalue weighted by atomic mass is 10.3. The van der Waals surface area contributed by atoms with Gasteiger partial charge in [0, 0.05) is 25.9 Å². The molecule has 0 radical (unpaired) electrons. The Kier molecular flexibility index (Phi) is 5.66. The lowest BCUT2D eigenvalue weighted by molar-refractivity contribution is -0.122. The number of rotatable bonds is 6. The third kappa shape index (κ3) is 4.84. The van der Waals surface area contributed by atoms with Gasteiger partial charge in [-0.05, 0) is 12.1 Å². The second-order valence-corrected chi connectivity index (χ2v) is 3.47. The van der Waals surface area contributed by atoms with E-state index in [0.29, 0.717) is 11.4 Å². The van der Waals surface area contributed by atoms with Crippen molar-refractivity contribution in [2.24, 2.45) is 0 Å². The van der Waals surface area contributed by atoms with Crippen LogP contribution < -0.4 is 15.4 Å². The largest absolute Gasteiger partial charge is 0.484 e. The summed E-state index contributed by atoms with van der Waals surface area (Å²) in [6.07, 6.45) is 0. The molecule has 1 aromatic carbocycles. The fourth-order valence-corrected chi connectivity index (χ4v) is 1.21. The van der Waals surface area contributed by atoms with Crippen LogP contribution in [0.5, 0.6) is 5.75 Å². The number of amides is 2. The van der Waals surface area contributed by atoms with Crippen molar-refractivity contribution in [2.45, 2.75) is 0 Å². The number of likely N-dealkylation sites (N-methyl/N-ethyl adjacent to an activating group) is 1. The van der Waals surface area contributed by atoms with E-state index < -0.39 is 0 Å². The maximum absolute atomic E-state index is 11.3. The average molecular weight is 252 g/mol. The maximum Gasteiger partial charge on any atom is 0.257 e. The van der Waals surface area contributed by atoms with E-state index in [4.69, 9.17) is 9.47 Å². The highest BCUT2D eigenvalue weighted by molar-refractivity contribution is 5.91. The number of hydrogen-bond acceptors (Lipinski definition) is 4. The molecule has 0 aromatic heterocycles. The van der Waals surface area contributed by atoms with E-state index in [1.807, 2.05) is 0 Å². The SMILES string of the molecule is CNC(=O)COc1cccc(NC(=O)COC)c1. The minimum atomic E-state index is -0.249. The molecule has 0 bridgehead atoms. The third-order valence-corrected chi connectivity index (χ3v) is 2.04. The lowest BCUT2D eigenvalue weighted by Crippen LogP contribution is -2.24. The number of carbonyl (C=O) groups is 2. The number of ether oxygens (including phenoxy) is 2. The quantitative estimate of drug-likeness (QED) is 0.768. The van der Waals surface area contributed by atoms with Crippen LogP contribution >= 0.6 is 0 Å². The number of methoxy groups -OCH3 is 1. The minimum absolute atomic E-state index is 0.0106. The molecule has 98 valence electrons. The predicted octanol–water partition coefficient (Wildman–Crippen LogP) is 0.396. The number of carbonyl (C=O) groups excluding carboxylic acids is 2. The molecule has 0 saturated carbocycles. The first-order valence-electron chi connectivity index (χ1n) is 5.38. The second kappa shape index (κ2) is 7.29. The molecule has 1 aromatic rings. The Morgan fingerprint density at radius 1 is 1.22 bits per heavy atom. The van der Waals surface area contributed by atoms with Crippen molar-refractivity contribution >= 4 is 17.5 Å². The fourth-order valence-electron chi connectivity index (χ4n) is 1.21. The molecule has 6 nitrogen and oxygen atoms in total. The molecule has 0 heterocycles. The molecule has 0 aliphatic rings. The van der Waals surface area contributed by atoms with Crippen LogP contribution in [-0.4, -0.2) is 39.2 Å². The molecular weight excluding hydrogens is 236 g/mol. The number of hydrogen-bond donors (Lipinski definition) is 2. The Labute approximate surface area is 105 Å². The van der Waals surface area contributed by atoms with E-state index in [2.05, 4.69) is 10.6 Å². The zero-order chi connectivity index (χ0) is 13.4. The van der Waals surface area contributed by atoms with Gasteiger partial charge in [0.2, 0.25) is 5.91 Å². The van der Waals surface area contributed by atoms with E-state index in [0.717, 1.165) is 0 Å². The minimum Gasteiger partial charge on any atom is -0.484 e. The molecule has 1 rings (SSSR count). The van der Waals surface area contributed by atoms with Gasteiger partial charge in [0.05, 0.1) is 0 Å². The van der Waals surface area contributed by atoms with Crippen LogP contribution in [0.2, 0.25) is 0 Å². The molecule has 0 atom stereocenters. The maximum atomic E-state index is 11.3. The summed E-state index contributed by atoms with van der Waals surface area (Å²) in [6, 6.07) is 6.79. The molecule has 6 heteroatoms. The number of benzene rings is 1. The highest BCUT2D eigenvalue weighted by atomic mass is 16.5. The van der Waals surface area contributed by atoms with Gasteiger partial charge in [-0.1, -0.05) is 6.07 Å². The average Bonchev–Trinajstić information content (AvgIpc) is 2.36. The van der Waals surface area contributed by atoms with Gasteiger partial charge in [0.1, 0.15) is 12.4 Å². The van der Waals surface area contributed by atoms with Gasteiger partial charge in [-0.2, -0.15) is 0 Å². The highest BCUT2D eigenvalue weighted by Gasteiger charge is 2.04. The topological polar surface area (TPSA) is 76.7 Å². The van der Waals surface area contributed by atoms with Crippen molar-refractivity contribution in [2.75, 3.05) is 32.7 Å². The smallest absolute Gasteiger partial charge is 0.257 e. The Hall–Kier alpha value is -2.08. The van der Waals surface area contributed by atoms with Crippen LogP contribution in [0.3, 0.4) is 0 Å². The van der Waals surface area contributed by atoms with Crippen molar-refractivity contribution in [3.8, 4) is 5.75 Å². The first-order valence-corrected chi connectivity index (χ1v) is 5.38. The Morgan fingerprint density at radius 2 is 2.00 bits per heavy atom. The molecular formula is C12H16N2O4. The van der Waals surface area contributed by atoms with Gasteiger partial charge in [-0.25, -0.2) is 0 Å². The zero-order valence-electron chi connectivity index (χ0n) is 10.4. The van der Waals surface area contributed by atoms with Crippen LogP contribution in [0.4, 0.5) is 5.69 Å². The van der Waals surface area contributed by atoms with Crippen molar-refractivity contribution in [3.05, 3.63) is 24.3 Å². The molecule has 0 unspecified atom stereocenters. The number of anilines is 1. The molecule has 2 amide bonds. The van der Waals surface area contributed by atoms with Crippen molar-refractivity contribution in [1.82, 2.24) is 5.32 Å². The van der Waals surface area contributed by atoms with Crippen LogP contribution in [0, 0.1) is 0 Å². The summed E-state index contributed by atoms with van der Waals surface area (Å²) in [5.41, 5.74) is 0.589. The van der Waals surface area contributed by atoms with Crippen LogP contribution in [-0.2, 0) is 14.3 Å². The van der Waals surface area contributed by atoms with Gasteiger partial charge in [0.25, 0.3) is 5.91 Å². The molecule has 0 aliphatic carbocycles. The summed E-state index contributed by atoms with van der Waals surface area (Å²) in [4.78, 5) is 22.3. The Balaban J connectivity index is 2.56. The number of nitrogens with one attached hydrogen (secondary N) is 2. The Morgan fingerprint density at radius 3 is 2.67 bits per heavy atom. The summed E-state index contributed by atoms with van der Waals surface area (Å²) < 4.78 is 9.95. The third-order valence-electron chi connectivity index (χ3n) is 2.04. The summed E-state index contributed by atoms with van der Waals surface area (Å²) in [7, 11) is 2.98. The van der Waals surface area contributed by atoms with Gasteiger partial charge in [-0.3, -0.25) is 9.59 Å². The normalized spacial score (nSPS) is 9.67. The fraction of sp³-hybridized carbons (Fsp3) is 0.333. The van der Waals surface area contributed by atoms with Gasteiger partial charge in [-0.15, -0.1) is 0 Å². The zero-order valence-corrected chi connectivity index (χ0v) is 10.4. The molecule has 0 aliphatic heterocycles.